The van der Waals surface area contributed by atoms with E-state index in [0.717, 1.165) is 39.1 Å². The second-order valence-corrected chi connectivity index (χ2v) is 7.03. The Morgan fingerprint density at radius 2 is 1.81 bits per heavy atom. The van der Waals surface area contributed by atoms with E-state index in [0.29, 0.717) is 6.04 Å². The zero-order valence-electron chi connectivity index (χ0n) is 14.5. The van der Waals surface area contributed by atoms with E-state index >= 15 is 0 Å². The number of carbonyl (C=O) groups is 1. The SMILES string of the molecule is COCCCCN1C[C@H](C)N(C(=O)OC(C)(C)C)C[C@H]1C. The van der Waals surface area contributed by atoms with Crippen molar-refractivity contribution in [3.63, 3.8) is 0 Å². The van der Waals surface area contributed by atoms with E-state index in [1.807, 2.05) is 25.7 Å². The molecule has 1 amide bonds. The van der Waals surface area contributed by atoms with Crippen LogP contribution in [-0.2, 0) is 9.47 Å². The molecule has 5 nitrogen and oxygen atoms in total. The van der Waals surface area contributed by atoms with Gasteiger partial charge in [0, 0.05) is 38.9 Å². The maximum absolute atomic E-state index is 12.2. The number of ether oxygens (including phenoxy) is 2. The average Bonchev–Trinajstić information content (AvgIpc) is 2.36. The summed E-state index contributed by atoms with van der Waals surface area (Å²) in [6.45, 7) is 13.5. The molecule has 21 heavy (non-hydrogen) atoms. The van der Waals surface area contributed by atoms with Gasteiger partial charge >= 0.3 is 6.09 Å². The number of piperazine rings is 1. The first-order chi connectivity index (χ1) is 9.74. The summed E-state index contributed by atoms with van der Waals surface area (Å²) >= 11 is 0. The standard InChI is InChI=1S/C16H32N2O3/c1-13-12-18(15(19)21-16(3,4)5)14(2)11-17(13)9-7-8-10-20-6/h13-14H,7-12H2,1-6H3/t13-,14+/m1/s1. The van der Waals surface area contributed by atoms with E-state index < -0.39 is 5.60 Å². The van der Waals surface area contributed by atoms with Gasteiger partial charge < -0.3 is 14.4 Å². The van der Waals surface area contributed by atoms with Crippen LogP contribution in [0.3, 0.4) is 0 Å². The monoisotopic (exact) mass is 300 g/mol. The minimum atomic E-state index is -0.433. The van der Waals surface area contributed by atoms with Crippen molar-refractivity contribution in [2.45, 2.75) is 65.1 Å². The molecule has 0 aromatic heterocycles. The third-order valence-corrected chi connectivity index (χ3v) is 3.79. The van der Waals surface area contributed by atoms with Gasteiger partial charge in [0.25, 0.3) is 0 Å². The molecule has 1 heterocycles. The molecule has 0 saturated carbocycles. The minimum Gasteiger partial charge on any atom is -0.444 e. The molecule has 0 unspecified atom stereocenters. The van der Waals surface area contributed by atoms with Gasteiger partial charge in [-0.15, -0.1) is 0 Å². The third-order valence-electron chi connectivity index (χ3n) is 3.79. The maximum Gasteiger partial charge on any atom is 0.410 e. The Bertz CT molecular complexity index is 328. The predicted octanol–water partition coefficient (Wildman–Crippen LogP) is 2.74. The highest BCUT2D eigenvalue weighted by atomic mass is 16.6. The lowest BCUT2D eigenvalue weighted by Crippen LogP contribution is -2.58. The van der Waals surface area contributed by atoms with Crippen molar-refractivity contribution in [2.75, 3.05) is 33.4 Å². The summed E-state index contributed by atoms with van der Waals surface area (Å²) in [6.07, 6.45) is 2.03. The van der Waals surface area contributed by atoms with E-state index in [9.17, 15) is 4.79 Å². The van der Waals surface area contributed by atoms with Crippen LogP contribution in [0, 0.1) is 0 Å². The van der Waals surface area contributed by atoms with E-state index in [-0.39, 0.29) is 12.1 Å². The fraction of sp³-hybridized carbons (Fsp3) is 0.938. The molecule has 0 N–H and O–H groups in total. The van der Waals surface area contributed by atoms with Gasteiger partial charge in [-0.1, -0.05) is 0 Å². The van der Waals surface area contributed by atoms with Crippen LogP contribution in [0.15, 0.2) is 0 Å². The van der Waals surface area contributed by atoms with Crippen molar-refractivity contribution >= 4 is 6.09 Å². The van der Waals surface area contributed by atoms with Crippen LogP contribution in [0.5, 0.6) is 0 Å². The Morgan fingerprint density at radius 3 is 2.38 bits per heavy atom. The number of nitrogens with zero attached hydrogens (tertiary/aromatic N) is 2. The molecule has 5 heteroatoms. The smallest absolute Gasteiger partial charge is 0.410 e. The molecule has 1 aliphatic heterocycles. The quantitative estimate of drug-likeness (QED) is 0.732. The minimum absolute atomic E-state index is 0.193. The summed E-state index contributed by atoms with van der Waals surface area (Å²) in [4.78, 5) is 16.6. The first-order valence-electron chi connectivity index (χ1n) is 7.97. The Morgan fingerprint density at radius 1 is 1.14 bits per heavy atom. The lowest BCUT2D eigenvalue weighted by Gasteiger charge is -2.44. The molecular formula is C16H32N2O3. The number of unbranched alkanes of at least 4 members (excludes halogenated alkanes) is 1. The second-order valence-electron chi connectivity index (χ2n) is 7.03. The summed E-state index contributed by atoms with van der Waals surface area (Å²) in [6, 6.07) is 0.565. The van der Waals surface area contributed by atoms with Crippen LogP contribution < -0.4 is 0 Å². The topological polar surface area (TPSA) is 42.0 Å². The summed E-state index contributed by atoms with van der Waals surface area (Å²) in [7, 11) is 1.74. The molecule has 1 saturated heterocycles. The lowest BCUT2D eigenvalue weighted by molar-refractivity contribution is -0.0105. The molecular weight excluding hydrogens is 268 g/mol. The molecule has 1 rings (SSSR count). The summed E-state index contributed by atoms with van der Waals surface area (Å²) < 4.78 is 10.6. The van der Waals surface area contributed by atoms with Crippen molar-refractivity contribution in [3.05, 3.63) is 0 Å². The van der Waals surface area contributed by atoms with Crippen LogP contribution in [0.4, 0.5) is 4.79 Å². The zero-order chi connectivity index (χ0) is 16.0. The van der Waals surface area contributed by atoms with Crippen LogP contribution in [0.1, 0.15) is 47.5 Å². The zero-order valence-corrected chi connectivity index (χ0v) is 14.5. The molecule has 1 fully saturated rings. The summed E-state index contributed by atoms with van der Waals surface area (Å²) in [5.41, 5.74) is -0.433. The second kappa shape index (κ2) is 7.99. The number of carbonyl (C=O) groups excluding carboxylic acids is 1. The van der Waals surface area contributed by atoms with Gasteiger partial charge in [-0.25, -0.2) is 4.79 Å². The highest BCUT2D eigenvalue weighted by Gasteiger charge is 2.33. The van der Waals surface area contributed by atoms with Crippen molar-refractivity contribution in [1.29, 1.82) is 0 Å². The van der Waals surface area contributed by atoms with Crippen LogP contribution >= 0.6 is 0 Å². The highest BCUT2D eigenvalue weighted by molar-refractivity contribution is 5.68. The summed E-state index contributed by atoms with van der Waals surface area (Å²) in [5.74, 6) is 0. The van der Waals surface area contributed by atoms with Gasteiger partial charge in [0.05, 0.1) is 0 Å². The number of rotatable bonds is 5. The average molecular weight is 300 g/mol. The van der Waals surface area contributed by atoms with Gasteiger partial charge in [0.1, 0.15) is 5.60 Å². The van der Waals surface area contributed by atoms with Crippen LogP contribution in [-0.4, -0.2) is 66.9 Å². The van der Waals surface area contributed by atoms with Gasteiger partial charge in [0.15, 0.2) is 0 Å². The molecule has 2 atom stereocenters. The Hall–Kier alpha value is -0.810. The molecule has 0 aliphatic carbocycles. The van der Waals surface area contributed by atoms with Gasteiger partial charge in [0.2, 0.25) is 0 Å². The first-order valence-corrected chi connectivity index (χ1v) is 7.97. The van der Waals surface area contributed by atoms with E-state index in [1.165, 1.54) is 0 Å². The lowest BCUT2D eigenvalue weighted by atomic mass is 10.1. The van der Waals surface area contributed by atoms with Crippen molar-refractivity contribution in [2.24, 2.45) is 0 Å². The van der Waals surface area contributed by atoms with Gasteiger partial charge in [-0.3, -0.25) is 4.90 Å². The third kappa shape index (κ3) is 6.22. The predicted molar refractivity (Wildman–Crippen MR) is 84.5 cm³/mol. The maximum atomic E-state index is 12.2. The Balaban J connectivity index is 2.47. The molecule has 124 valence electrons. The molecule has 0 aromatic rings. The first kappa shape index (κ1) is 18.2. The van der Waals surface area contributed by atoms with Gasteiger partial charge in [-0.2, -0.15) is 0 Å². The van der Waals surface area contributed by atoms with Crippen molar-refractivity contribution in [3.8, 4) is 0 Å². The fourth-order valence-electron chi connectivity index (χ4n) is 2.65. The summed E-state index contributed by atoms with van der Waals surface area (Å²) in [5, 5.41) is 0. The van der Waals surface area contributed by atoms with E-state index in [2.05, 4.69) is 18.7 Å². The van der Waals surface area contributed by atoms with E-state index in [1.54, 1.807) is 7.11 Å². The number of amides is 1. The Kier molecular flexibility index (Phi) is 6.94. The number of hydrogen-bond acceptors (Lipinski definition) is 4. The van der Waals surface area contributed by atoms with Crippen molar-refractivity contribution in [1.82, 2.24) is 9.80 Å². The number of hydrogen-bond donors (Lipinski definition) is 0. The number of methoxy groups -OCH3 is 1. The van der Waals surface area contributed by atoms with E-state index in [4.69, 9.17) is 9.47 Å². The highest BCUT2D eigenvalue weighted by Crippen LogP contribution is 2.19. The van der Waals surface area contributed by atoms with Crippen molar-refractivity contribution < 1.29 is 14.3 Å². The molecule has 1 aliphatic rings. The molecule has 0 aromatic carbocycles. The molecule has 0 spiro atoms. The molecule has 0 radical (unpaired) electrons. The fourth-order valence-corrected chi connectivity index (χ4v) is 2.65. The largest absolute Gasteiger partial charge is 0.444 e. The van der Waals surface area contributed by atoms with Crippen LogP contribution in [0.2, 0.25) is 0 Å². The molecule has 0 bridgehead atoms. The van der Waals surface area contributed by atoms with Gasteiger partial charge in [-0.05, 0) is 54.0 Å². The Labute approximate surface area is 129 Å². The normalized spacial score (nSPS) is 24.2. The van der Waals surface area contributed by atoms with Crippen LogP contribution in [0.25, 0.3) is 0 Å².